The van der Waals surface area contributed by atoms with Crippen LogP contribution in [0.4, 0.5) is 8.78 Å². The third kappa shape index (κ3) is 4.03. The quantitative estimate of drug-likeness (QED) is 0.720. The Labute approximate surface area is 157 Å². The van der Waals surface area contributed by atoms with E-state index in [0.717, 1.165) is 16.0 Å². The van der Waals surface area contributed by atoms with Gasteiger partial charge in [-0.15, -0.1) is 0 Å². The average Bonchev–Trinajstić information content (AvgIpc) is 2.92. The number of likely N-dealkylation sites (N-methyl/N-ethyl adjacent to an activating group) is 1. The van der Waals surface area contributed by atoms with Crippen LogP contribution in [0.2, 0.25) is 0 Å². The third-order valence-electron chi connectivity index (χ3n) is 4.57. The number of ether oxygens (including phenoxy) is 1. The van der Waals surface area contributed by atoms with Crippen LogP contribution in [0, 0.1) is 12.7 Å². The lowest BCUT2D eigenvalue weighted by Gasteiger charge is -2.30. The Hall–Kier alpha value is -1.63. The largest absolute Gasteiger partial charge is 0.374 e. The Balaban J connectivity index is 1.95. The highest BCUT2D eigenvalue weighted by atomic mass is 32.2. The van der Waals surface area contributed by atoms with Crippen molar-refractivity contribution < 1.29 is 13.5 Å². The van der Waals surface area contributed by atoms with Gasteiger partial charge in [-0.3, -0.25) is 0 Å². The molecular weight excluding hydrogens is 354 g/mol. The second kappa shape index (κ2) is 8.37. The van der Waals surface area contributed by atoms with Crippen LogP contribution in [0.1, 0.15) is 30.0 Å². The van der Waals surface area contributed by atoms with Gasteiger partial charge in [0.25, 0.3) is 0 Å². The van der Waals surface area contributed by atoms with E-state index in [-0.39, 0.29) is 23.8 Å². The number of methoxy groups -OCH3 is 1. The molecule has 1 heterocycles. The van der Waals surface area contributed by atoms with Gasteiger partial charge in [-0.05, 0) is 55.6 Å². The number of benzene rings is 1. The lowest BCUT2D eigenvalue weighted by atomic mass is 9.98. The molecule has 0 aromatic heterocycles. The van der Waals surface area contributed by atoms with E-state index in [1.165, 1.54) is 11.9 Å². The van der Waals surface area contributed by atoms with Crippen molar-refractivity contribution in [3.8, 4) is 0 Å². The minimum absolute atomic E-state index is 0.116. The monoisotopic (exact) mass is 378 g/mol. The van der Waals surface area contributed by atoms with Gasteiger partial charge in [0.1, 0.15) is 17.7 Å². The van der Waals surface area contributed by atoms with Crippen LogP contribution in [-0.4, -0.2) is 31.1 Å². The summed E-state index contributed by atoms with van der Waals surface area (Å²) in [5.41, 5.74) is 2.49. The molecule has 0 bridgehead atoms. The van der Waals surface area contributed by atoms with Crippen molar-refractivity contribution >= 4 is 11.9 Å². The number of nitrogens with zero attached hydrogens (tertiary/aromatic N) is 1. The van der Waals surface area contributed by atoms with Gasteiger partial charge in [0, 0.05) is 36.7 Å². The summed E-state index contributed by atoms with van der Waals surface area (Å²) in [6.07, 6.45) is 6.42. The van der Waals surface area contributed by atoms with Gasteiger partial charge in [-0.1, -0.05) is 18.2 Å². The van der Waals surface area contributed by atoms with E-state index < -0.39 is 0 Å². The van der Waals surface area contributed by atoms with Crippen LogP contribution in [0.15, 0.2) is 52.9 Å². The minimum atomic E-state index is -0.312. The van der Waals surface area contributed by atoms with Gasteiger partial charge >= 0.3 is 0 Å². The molecule has 3 nitrogen and oxygen atoms in total. The van der Waals surface area contributed by atoms with Gasteiger partial charge < -0.3 is 14.4 Å². The molecule has 0 saturated carbocycles. The van der Waals surface area contributed by atoms with Crippen molar-refractivity contribution in [3.05, 3.63) is 69.8 Å². The Bertz CT molecular complexity index is 760. The molecule has 2 unspecified atom stereocenters. The summed E-state index contributed by atoms with van der Waals surface area (Å²) in [5, 5.41) is 3.14. The van der Waals surface area contributed by atoms with Crippen LogP contribution < -0.4 is 5.32 Å². The van der Waals surface area contributed by atoms with E-state index >= 15 is 0 Å². The summed E-state index contributed by atoms with van der Waals surface area (Å²) < 4.78 is 36.1. The highest BCUT2D eigenvalue weighted by Gasteiger charge is 2.38. The molecule has 1 aromatic rings. The first-order chi connectivity index (χ1) is 12.5. The van der Waals surface area contributed by atoms with Crippen molar-refractivity contribution in [3.63, 3.8) is 0 Å². The Morgan fingerprint density at radius 3 is 2.81 bits per heavy atom. The van der Waals surface area contributed by atoms with Crippen LogP contribution in [-0.2, 0) is 4.74 Å². The van der Waals surface area contributed by atoms with Gasteiger partial charge in [0.15, 0.2) is 0 Å². The van der Waals surface area contributed by atoms with Gasteiger partial charge in [-0.25, -0.2) is 8.78 Å². The molecule has 0 radical (unpaired) electrons. The smallest absolute Gasteiger partial charge is 0.128 e. The van der Waals surface area contributed by atoms with Crippen LogP contribution in [0.25, 0.3) is 0 Å². The zero-order chi connectivity index (χ0) is 18.7. The van der Waals surface area contributed by atoms with Crippen molar-refractivity contribution in [1.29, 1.82) is 0 Å². The van der Waals surface area contributed by atoms with E-state index in [1.54, 1.807) is 19.3 Å². The standard InChI is InChI=1S/C20H24F2N2OS/c1-13-7-8-17(18(22)9-13)19-20(25-3)14(11-23-2)12-24(19)26-16-6-4-5-15(21)10-16/h6-10,12,19-20,23H,4-5,11H2,1-3H3. The van der Waals surface area contributed by atoms with Crippen LogP contribution in [0.3, 0.4) is 0 Å². The molecule has 1 aliphatic heterocycles. The summed E-state index contributed by atoms with van der Waals surface area (Å²) in [6, 6.07) is 4.95. The maximum absolute atomic E-state index is 14.7. The van der Waals surface area contributed by atoms with Gasteiger partial charge in [-0.2, -0.15) is 0 Å². The fraction of sp³-hybridized carbons (Fsp3) is 0.400. The number of hydrogen-bond acceptors (Lipinski definition) is 4. The lowest BCUT2D eigenvalue weighted by molar-refractivity contribution is 0.0943. The minimum Gasteiger partial charge on any atom is -0.374 e. The maximum atomic E-state index is 14.7. The summed E-state index contributed by atoms with van der Waals surface area (Å²) in [5.74, 6) is -0.365. The zero-order valence-corrected chi connectivity index (χ0v) is 16.1. The fourth-order valence-electron chi connectivity index (χ4n) is 3.36. The van der Waals surface area contributed by atoms with E-state index in [2.05, 4.69) is 5.32 Å². The molecule has 0 amide bonds. The number of halogens is 2. The Morgan fingerprint density at radius 1 is 1.35 bits per heavy atom. The predicted octanol–water partition coefficient (Wildman–Crippen LogP) is 4.79. The summed E-state index contributed by atoms with van der Waals surface area (Å²) >= 11 is 1.42. The average molecular weight is 378 g/mol. The van der Waals surface area contributed by atoms with E-state index in [1.807, 2.05) is 42.7 Å². The molecule has 2 atom stereocenters. The summed E-state index contributed by atoms with van der Waals surface area (Å²) in [4.78, 5) is 0.836. The summed E-state index contributed by atoms with van der Waals surface area (Å²) in [6.45, 7) is 2.51. The van der Waals surface area contributed by atoms with Crippen molar-refractivity contribution in [2.24, 2.45) is 0 Å². The number of nitrogens with one attached hydrogen (secondary N) is 1. The first-order valence-electron chi connectivity index (χ1n) is 8.70. The molecule has 0 saturated heterocycles. The molecule has 1 aliphatic carbocycles. The zero-order valence-electron chi connectivity index (χ0n) is 15.3. The van der Waals surface area contributed by atoms with E-state index in [0.29, 0.717) is 24.9 Å². The Morgan fingerprint density at radius 2 is 2.15 bits per heavy atom. The maximum Gasteiger partial charge on any atom is 0.128 e. The molecule has 140 valence electrons. The molecule has 1 aromatic carbocycles. The fourth-order valence-corrected chi connectivity index (χ4v) is 4.50. The van der Waals surface area contributed by atoms with E-state index in [4.69, 9.17) is 4.74 Å². The number of allylic oxidation sites excluding steroid dienone is 3. The Kier molecular flexibility index (Phi) is 6.16. The molecule has 1 N–H and O–H groups in total. The number of hydrogen-bond donors (Lipinski definition) is 1. The van der Waals surface area contributed by atoms with E-state index in [9.17, 15) is 8.78 Å². The first-order valence-corrected chi connectivity index (χ1v) is 9.47. The first kappa shape index (κ1) is 19.1. The highest BCUT2D eigenvalue weighted by molar-refractivity contribution is 8.01. The molecule has 0 spiro atoms. The highest BCUT2D eigenvalue weighted by Crippen LogP contribution is 2.44. The second-order valence-corrected chi connectivity index (χ2v) is 7.62. The second-order valence-electron chi connectivity index (χ2n) is 6.55. The molecule has 0 fully saturated rings. The number of rotatable bonds is 6. The molecular formula is C20H24F2N2OS. The van der Waals surface area contributed by atoms with Gasteiger partial charge in [0.2, 0.25) is 0 Å². The molecule has 26 heavy (non-hydrogen) atoms. The van der Waals surface area contributed by atoms with Crippen LogP contribution in [0.5, 0.6) is 0 Å². The lowest BCUT2D eigenvalue weighted by Crippen LogP contribution is -2.29. The molecule has 6 heteroatoms. The van der Waals surface area contributed by atoms with Crippen LogP contribution >= 0.6 is 11.9 Å². The predicted molar refractivity (Wildman–Crippen MR) is 103 cm³/mol. The third-order valence-corrected chi connectivity index (χ3v) is 5.61. The van der Waals surface area contributed by atoms with Crippen molar-refractivity contribution in [1.82, 2.24) is 9.62 Å². The molecule has 3 rings (SSSR count). The SMILES string of the molecule is CNCC1=CN(SC2=CCCC(F)=C2)C(c2ccc(C)cc2F)C1OC. The van der Waals surface area contributed by atoms with Crippen molar-refractivity contribution in [2.45, 2.75) is 31.9 Å². The van der Waals surface area contributed by atoms with Crippen molar-refractivity contribution in [2.75, 3.05) is 20.7 Å². The topological polar surface area (TPSA) is 24.5 Å². The number of aryl methyl sites for hydroxylation is 1. The molecule has 2 aliphatic rings. The van der Waals surface area contributed by atoms with Gasteiger partial charge in [0.05, 0.1) is 6.04 Å². The normalized spacial score (nSPS) is 23.0. The summed E-state index contributed by atoms with van der Waals surface area (Å²) in [7, 11) is 3.51.